The Hall–Kier alpha value is -3.93. The van der Waals surface area contributed by atoms with Crippen molar-refractivity contribution in [2.24, 2.45) is 7.05 Å². The van der Waals surface area contributed by atoms with Gasteiger partial charge in [0, 0.05) is 31.3 Å². The molecule has 0 bridgehead atoms. The predicted octanol–water partition coefficient (Wildman–Crippen LogP) is 2.45. The van der Waals surface area contributed by atoms with Crippen LogP contribution in [0, 0.1) is 0 Å². The molecule has 4 aromatic rings. The van der Waals surface area contributed by atoms with E-state index in [1.165, 1.54) is 0 Å². The lowest BCUT2D eigenvalue weighted by atomic mass is 9.75. The number of halogens is 3. The monoisotopic (exact) mass is 473 g/mol. The number of rotatable bonds is 5. The van der Waals surface area contributed by atoms with Crippen LogP contribution in [0.1, 0.15) is 27.3 Å². The highest BCUT2D eigenvalue weighted by atomic mass is 19.4. The first-order valence-electron chi connectivity index (χ1n) is 10.2. The van der Waals surface area contributed by atoms with E-state index in [9.17, 15) is 27.9 Å². The largest absolute Gasteiger partial charge is 0.478 e. The number of hydrogen-bond donors (Lipinski definition) is 1. The fourth-order valence-electron chi connectivity index (χ4n) is 4.19. The highest BCUT2D eigenvalue weighted by molar-refractivity contribution is 5.88. The maximum absolute atomic E-state index is 13.6. The number of carboxylic acid groups (broad SMARTS) is 1. The van der Waals surface area contributed by atoms with Gasteiger partial charge in [0.2, 0.25) is 0 Å². The van der Waals surface area contributed by atoms with Gasteiger partial charge in [0.15, 0.2) is 0 Å². The molecule has 1 fully saturated rings. The lowest BCUT2D eigenvalue weighted by Crippen LogP contribution is -2.49. The molecule has 9 nitrogen and oxygen atoms in total. The number of carbonyl (C=O) groups is 1. The van der Waals surface area contributed by atoms with E-state index in [2.05, 4.69) is 10.2 Å². The Labute approximate surface area is 189 Å². The summed E-state index contributed by atoms with van der Waals surface area (Å²) < 4.78 is 50.0. The summed E-state index contributed by atoms with van der Waals surface area (Å²) in [6.45, 7) is 0.826. The number of hydrogen-bond acceptors (Lipinski definition) is 5. The second-order valence-corrected chi connectivity index (χ2v) is 8.34. The van der Waals surface area contributed by atoms with Gasteiger partial charge in [0.05, 0.1) is 35.5 Å². The molecule has 1 aliphatic rings. The Morgan fingerprint density at radius 3 is 2.59 bits per heavy atom. The van der Waals surface area contributed by atoms with Crippen molar-refractivity contribution in [3.8, 4) is 5.69 Å². The molecular formula is C22H18F3N5O4. The van der Waals surface area contributed by atoms with Gasteiger partial charge in [-0.2, -0.15) is 13.2 Å². The van der Waals surface area contributed by atoms with Gasteiger partial charge in [-0.15, -0.1) is 10.2 Å². The molecule has 34 heavy (non-hydrogen) atoms. The van der Waals surface area contributed by atoms with Crippen molar-refractivity contribution >= 4 is 11.5 Å². The van der Waals surface area contributed by atoms with E-state index in [1.54, 1.807) is 29.1 Å². The molecule has 0 unspecified atom stereocenters. The molecule has 1 N–H and O–H groups in total. The fraction of sp³-hybridized carbons (Fsp3) is 0.273. The number of aromatic nitrogens is 5. The van der Waals surface area contributed by atoms with Crippen LogP contribution in [0.2, 0.25) is 0 Å². The van der Waals surface area contributed by atoms with Crippen molar-refractivity contribution in [1.82, 2.24) is 23.7 Å². The molecule has 4 heterocycles. The van der Waals surface area contributed by atoms with E-state index >= 15 is 0 Å². The van der Waals surface area contributed by atoms with Gasteiger partial charge in [-0.1, -0.05) is 12.1 Å². The molecule has 0 amide bonds. The third-order valence-corrected chi connectivity index (χ3v) is 6.11. The molecule has 1 aliphatic heterocycles. The van der Waals surface area contributed by atoms with Crippen LogP contribution in [-0.4, -0.2) is 48.0 Å². The summed E-state index contributed by atoms with van der Waals surface area (Å²) in [4.78, 5) is 24.4. The van der Waals surface area contributed by atoms with Crippen molar-refractivity contribution in [2.75, 3.05) is 13.2 Å². The Kier molecular flexibility index (Phi) is 4.86. The highest BCUT2D eigenvalue weighted by Crippen LogP contribution is 2.37. The molecule has 12 heteroatoms. The molecule has 0 saturated carbocycles. The first kappa shape index (κ1) is 21.9. The number of nitrogens with zero attached hydrogens (tertiary/aromatic N) is 5. The van der Waals surface area contributed by atoms with Crippen LogP contribution in [0.25, 0.3) is 11.2 Å². The third-order valence-electron chi connectivity index (χ3n) is 6.11. The molecule has 0 spiro atoms. The quantitative estimate of drug-likeness (QED) is 0.478. The van der Waals surface area contributed by atoms with Crippen molar-refractivity contribution in [1.29, 1.82) is 0 Å². The molecule has 0 radical (unpaired) electrons. The zero-order chi connectivity index (χ0) is 24.3. The SMILES string of the molecule is Cn1cnnc1CC1(c2cccc(-n3cc4c(C(F)(F)F)cc(C(=O)O)cn4c3=O)c2)COC1. The first-order chi connectivity index (χ1) is 16.1. The maximum atomic E-state index is 13.6. The van der Waals surface area contributed by atoms with Crippen LogP contribution in [0.15, 0.2) is 53.8 Å². The van der Waals surface area contributed by atoms with E-state index in [0.717, 1.165) is 28.3 Å². The van der Waals surface area contributed by atoms with Crippen LogP contribution in [0.4, 0.5) is 13.2 Å². The molecule has 1 aromatic carbocycles. The van der Waals surface area contributed by atoms with Crippen molar-refractivity contribution in [2.45, 2.75) is 18.0 Å². The zero-order valence-corrected chi connectivity index (χ0v) is 17.8. The van der Waals surface area contributed by atoms with Gasteiger partial charge < -0.3 is 14.4 Å². The lowest BCUT2D eigenvalue weighted by Gasteiger charge is -2.41. The minimum absolute atomic E-state index is 0.348. The van der Waals surface area contributed by atoms with E-state index in [4.69, 9.17) is 4.74 Å². The number of fused-ring (bicyclic) bond motifs is 1. The Balaban J connectivity index is 1.63. The summed E-state index contributed by atoms with van der Waals surface area (Å²) in [5.74, 6) is -0.818. The summed E-state index contributed by atoms with van der Waals surface area (Å²) in [7, 11) is 1.83. The van der Waals surface area contributed by atoms with Gasteiger partial charge >= 0.3 is 17.8 Å². The van der Waals surface area contributed by atoms with Crippen LogP contribution < -0.4 is 5.69 Å². The van der Waals surface area contributed by atoms with Gasteiger partial charge in [0.1, 0.15) is 12.2 Å². The minimum Gasteiger partial charge on any atom is -0.478 e. The summed E-state index contributed by atoms with van der Waals surface area (Å²) in [6.07, 6.45) is -0.761. The molecule has 3 aromatic heterocycles. The molecule has 1 saturated heterocycles. The highest BCUT2D eigenvalue weighted by Gasteiger charge is 2.42. The maximum Gasteiger partial charge on any atom is 0.418 e. The molecular weight excluding hydrogens is 455 g/mol. The van der Waals surface area contributed by atoms with E-state index in [1.807, 2.05) is 13.1 Å². The summed E-state index contributed by atoms with van der Waals surface area (Å²) in [5, 5.41) is 17.2. The number of imidazole rings is 1. The van der Waals surface area contributed by atoms with E-state index in [-0.39, 0.29) is 0 Å². The van der Waals surface area contributed by atoms with Crippen LogP contribution in [0.5, 0.6) is 0 Å². The summed E-state index contributed by atoms with van der Waals surface area (Å²) in [5.41, 5.74) is -2.33. The smallest absolute Gasteiger partial charge is 0.418 e. The van der Waals surface area contributed by atoms with Crippen molar-refractivity contribution < 1.29 is 27.8 Å². The van der Waals surface area contributed by atoms with E-state index in [0.29, 0.717) is 35.8 Å². The molecule has 0 aliphatic carbocycles. The number of benzene rings is 1. The van der Waals surface area contributed by atoms with Gasteiger partial charge in [0.25, 0.3) is 0 Å². The molecule has 176 valence electrons. The minimum atomic E-state index is -4.85. The second kappa shape index (κ2) is 7.55. The standard InChI is InChI=1S/C22H18F3N5O4/c1-28-12-26-27-18(28)7-21(10-34-11-21)14-3-2-4-15(6-14)29-9-17-16(22(23,24)25)5-13(19(31)32)8-30(17)20(29)33/h2-6,8-9,12H,7,10-11H2,1H3,(H,31,32). The Morgan fingerprint density at radius 1 is 1.24 bits per heavy atom. The summed E-state index contributed by atoms with van der Waals surface area (Å²) in [6, 6.07) is 7.44. The number of aromatic carboxylic acids is 1. The topological polar surface area (TPSA) is 104 Å². The second-order valence-electron chi connectivity index (χ2n) is 8.34. The molecule has 0 atom stereocenters. The van der Waals surface area contributed by atoms with Gasteiger partial charge in [-0.05, 0) is 23.8 Å². The van der Waals surface area contributed by atoms with E-state index < -0.39 is 39.9 Å². The van der Waals surface area contributed by atoms with Gasteiger partial charge in [-0.25, -0.2) is 9.59 Å². The normalized spacial score (nSPS) is 15.4. The average molecular weight is 473 g/mol. The number of pyridine rings is 1. The number of ether oxygens (including phenoxy) is 1. The van der Waals surface area contributed by atoms with Crippen molar-refractivity contribution in [3.63, 3.8) is 0 Å². The van der Waals surface area contributed by atoms with Crippen LogP contribution >= 0.6 is 0 Å². The zero-order valence-electron chi connectivity index (χ0n) is 17.8. The average Bonchev–Trinajstić information content (AvgIpc) is 3.32. The Bertz CT molecular complexity index is 1480. The predicted molar refractivity (Wildman–Crippen MR) is 112 cm³/mol. The fourth-order valence-corrected chi connectivity index (χ4v) is 4.19. The number of carboxylic acids is 1. The number of aryl methyl sites for hydroxylation is 1. The van der Waals surface area contributed by atoms with Gasteiger partial charge in [-0.3, -0.25) is 8.97 Å². The lowest BCUT2D eigenvalue weighted by molar-refractivity contribution is -0.136. The Morgan fingerprint density at radius 2 is 2.00 bits per heavy atom. The van der Waals surface area contributed by atoms with Crippen LogP contribution in [-0.2, 0) is 29.8 Å². The first-order valence-corrected chi connectivity index (χ1v) is 10.2. The molecule has 5 rings (SSSR count). The van der Waals surface area contributed by atoms with Crippen molar-refractivity contribution in [3.05, 3.63) is 82.1 Å². The summed E-state index contributed by atoms with van der Waals surface area (Å²) >= 11 is 0. The number of alkyl halides is 3. The third kappa shape index (κ3) is 3.46. The van der Waals surface area contributed by atoms with Crippen LogP contribution in [0.3, 0.4) is 0 Å².